The van der Waals surface area contributed by atoms with E-state index in [-0.39, 0.29) is 5.92 Å². The fraction of sp³-hybridized carbons (Fsp3) is 0.0741. The maximum absolute atomic E-state index is 2.59. The zero-order valence-corrected chi connectivity index (χ0v) is 33.7. The second kappa shape index (κ2) is 15.4. The molecule has 0 aromatic heterocycles. The Hall–Kier alpha value is -6.17. The molecule has 0 amide bonds. The lowest BCUT2D eigenvalue weighted by Crippen LogP contribution is -2.37. The van der Waals surface area contributed by atoms with Gasteiger partial charge in [0.05, 0.1) is 5.69 Å². The fourth-order valence-electron chi connectivity index (χ4n) is 8.69. The number of nitrogens with zero attached hydrogens (tertiary/aromatic N) is 2. The largest absolute Gasteiger partial charge is 0.314 e. The number of fused-ring (bicyclic) bond motifs is 3. The highest BCUT2D eigenvalue weighted by atomic mass is 127. The first-order chi connectivity index (χ1) is 28.2. The summed E-state index contributed by atoms with van der Waals surface area (Å²) in [7, 11) is 0. The molecule has 8 aromatic rings. The summed E-state index contributed by atoms with van der Waals surface area (Å²) in [5, 5.41) is 4.93. The van der Waals surface area contributed by atoms with E-state index in [1.807, 2.05) is 0 Å². The molecule has 0 heterocycles. The number of alkyl halides is 1. The minimum absolute atomic E-state index is 0.194. The molecule has 2 unspecified atom stereocenters. The van der Waals surface area contributed by atoms with E-state index >= 15 is 0 Å². The van der Waals surface area contributed by atoms with E-state index in [0.717, 1.165) is 35.6 Å². The minimum atomic E-state index is 0.194. The van der Waals surface area contributed by atoms with E-state index in [4.69, 9.17) is 0 Å². The summed E-state index contributed by atoms with van der Waals surface area (Å²) in [6.45, 7) is 0. The number of rotatable bonds is 8. The van der Waals surface area contributed by atoms with Crippen LogP contribution in [0.25, 0.3) is 39.7 Å². The predicted octanol–water partition coefficient (Wildman–Crippen LogP) is 13.8. The minimum Gasteiger partial charge on any atom is -0.314 e. The zero-order chi connectivity index (χ0) is 38.1. The molecule has 8 aromatic carbocycles. The maximum atomic E-state index is 2.59. The Labute approximate surface area is 348 Å². The van der Waals surface area contributed by atoms with Crippen molar-refractivity contribution in [2.75, 3.05) is 9.80 Å². The molecule has 274 valence electrons. The molecular weight excluding hydrogens is 804 g/mol. The first-order valence-electron chi connectivity index (χ1n) is 19.8. The molecule has 2 aliphatic rings. The van der Waals surface area contributed by atoms with Crippen molar-refractivity contribution in [1.29, 1.82) is 0 Å². The zero-order valence-electron chi connectivity index (χ0n) is 31.5. The number of anilines is 5. The second-order valence-corrected chi connectivity index (χ2v) is 16.5. The normalized spacial score (nSPS) is 15.7. The van der Waals surface area contributed by atoms with Crippen molar-refractivity contribution < 1.29 is 0 Å². The van der Waals surface area contributed by atoms with E-state index in [9.17, 15) is 0 Å². The monoisotopic (exact) mass is 844 g/mol. The van der Waals surface area contributed by atoms with Crippen molar-refractivity contribution in [1.82, 2.24) is 0 Å². The highest BCUT2D eigenvalue weighted by molar-refractivity contribution is 14.1. The molecular formula is C54H41IN2. The Morgan fingerprint density at radius 1 is 0.509 bits per heavy atom. The van der Waals surface area contributed by atoms with E-state index in [2.05, 4.69) is 245 Å². The molecule has 10 rings (SSSR count). The molecule has 0 N–H and O–H groups in total. The summed E-state index contributed by atoms with van der Waals surface area (Å²) in [6.07, 6.45) is 9.08. The summed E-state index contributed by atoms with van der Waals surface area (Å²) >= 11 is 2.59. The average molecular weight is 845 g/mol. The standard InChI is InChI=1S/C54H41IN2/c55-52-28-16-21-40-33-48(29-30-49(40)52)57(47-26-14-5-15-27-47)54-37-42(39-19-8-2-9-20-39)32-44-34-50-43(35-51(44)54)31-41(38-17-6-1-7-18-38)36-53(50)56(45-22-10-3-11-23-45)46-24-12-4-13-25-46/h1-27,29-36,42,52H,28,37H2. The molecule has 0 spiro atoms. The third kappa shape index (κ3) is 6.87. The van der Waals surface area contributed by atoms with Crippen molar-refractivity contribution >= 4 is 79.6 Å². The Kier molecular flexibility index (Phi) is 9.53. The van der Waals surface area contributed by atoms with Crippen molar-refractivity contribution in [2.24, 2.45) is 0 Å². The summed E-state index contributed by atoms with van der Waals surface area (Å²) < 4.78 is 0.479. The smallest absolute Gasteiger partial charge is 0.0546 e. The van der Waals surface area contributed by atoms with Crippen molar-refractivity contribution in [3.63, 3.8) is 0 Å². The van der Waals surface area contributed by atoms with Gasteiger partial charge in [0, 0.05) is 48.9 Å². The first kappa shape index (κ1) is 35.3. The number of para-hydroxylation sites is 3. The van der Waals surface area contributed by atoms with Crippen molar-refractivity contribution in [2.45, 2.75) is 22.7 Å². The summed E-state index contributed by atoms with van der Waals surface area (Å²) in [6, 6.07) is 71.1. The van der Waals surface area contributed by atoms with Crippen LogP contribution in [0.5, 0.6) is 0 Å². The second-order valence-electron chi connectivity index (χ2n) is 15.0. The average Bonchev–Trinajstić information content (AvgIpc) is 3.27. The maximum Gasteiger partial charge on any atom is 0.0546 e. The fourth-order valence-corrected chi connectivity index (χ4v) is 9.55. The number of allylic oxidation sites excluding steroid dienone is 1. The first-order valence-corrected chi connectivity index (χ1v) is 21.1. The van der Waals surface area contributed by atoms with Gasteiger partial charge in [-0.15, -0.1) is 0 Å². The molecule has 0 bridgehead atoms. The molecule has 0 saturated heterocycles. The van der Waals surface area contributed by atoms with Gasteiger partial charge >= 0.3 is 0 Å². The number of benzene rings is 8. The number of hydrogen-bond acceptors (Lipinski definition) is 2. The van der Waals surface area contributed by atoms with Gasteiger partial charge in [0.15, 0.2) is 0 Å². The van der Waals surface area contributed by atoms with Gasteiger partial charge in [-0.25, -0.2) is 0 Å². The van der Waals surface area contributed by atoms with Gasteiger partial charge in [-0.05, 0) is 124 Å². The Bertz CT molecular complexity index is 2820. The Balaban J connectivity index is 1.29. The van der Waals surface area contributed by atoms with Crippen LogP contribution in [0.3, 0.4) is 0 Å². The Morgan fingerprint density at radius 3 is 1.75 bits per heavy atom. The highest BCUT2D eigenvalue weighted by Gasteiger charge is 2.26. The van der Waals surface area contributed by atoms with Crippen LogP contribution in [0.1, 0.15) is 39.4 Å². The summed E-state index contributed by atoms with van der Waals surface area (Å²) in [4.78, 5) is 4.95. The Morgan fingerprint density at radius 2 is 1.11 bits per heavy atom. The van der Waals surface area contributed by atoms with Crippen LogP contribution in [-0.4, -0.2) is 0 Å². The van der Waals surface area contributed by atoms with Crippen LogP contribution < -0.4 is 20.2 Å². The van der Waals surface area contributed by atoms with E-state index < -0.39 is 0 Å². The molecule has 0 aliphatic heterocycles. The van der Waals surface area contributed by atoms with Crippen LogP contribution in [0.15, 0.2) is 200 Å². The molecule has 2 aliphatic carbocycles. The van der Waals surface area contributed by atoms with Gasteiger partial charge in [-0.3, -0.25) is 0 Å². The lowest BCUT2D eigenvalue weighted by molar-refractivity contribution is 0.881. The summed E-state index contributed by atoms with van der Waals surface area (Å²) in [5.41, 5.74) is 13.5. The predicted molar refractivity (Wildman–Crippen MR) is 250 cm³/mol. The molecule has 2 atom stereocenters. The third-order valence-corrected chi connectivity index (χ3v) is 12.6. The van der Waals surface area contributed by atoms with Gasteiger partial charge in [0.25, 0.3) is 0 Å². The van der Waals surface area contributed by atoms with Crippen LogP contribution in [0.2, 0.25) is 0 Å². The van der Waals surface area contributed by atoms with Gasteiger partial charge < -0.3 is 9.80 Å². The molecule has 0 saturated carbocycles. The van der Waals surface area contributed by atoms with Gasteiger partial charge in [-0.1, -0.05) is 162 Å². The van der Waals surface area contributed by atoms with Gasteiger partial charge in [0.1, 0.15) is 0 Å². The van der Waals surface area contributed by atoms with Gasteiger partial charge in [-0.2, -0.15) is 0 Å². The highest BCUT2D eigenvalue weighted by Crippen LogP contribution is 2.43. The molecule has 57 heavy (non-hydrogen) atoms. The SMILES string of the molecule is IC1CC=Cc2cc(N(C3=c4cc5cc(-c6ccccc6)cc(N(c6ccccc6)c6ccccc6)c5cc4=CC(c4ccccc4)C3)c3ccccc3)ccc21. The molecule has 3 heteroatoms. The lowest BCUT2D eigenvalue weighted by Gasteiger charge is -2.33. The quantitative estimate of drug-likeness (QED) is 0.111. The molecule has 0 radical (unpaired) electrons. The van der Waals surface area contributed by atoms with Crippen LogP contribution in [0, 0.1) is 0 Å². The molecule has 0 fully saturated rings. The number of hydrogen-bond donors (Lipinski definition) is 0. The van der Waals surface area contributed by atoms with E-state index in [1.165, 1.54) is 60.4 Å². The van der Waals surface area contributed by atoms with Crippen molar-refractivity contribution in [3.05, 3.63) is 227 Å². The lowest BCUT2D eigenvalue weighted by atomic mass is 9.86. The van der Waals surface area contributed by atoms with Crippen molar-refractivity contribution in [3.8, 4) is 11.1 Å². The van der Waals surface area contributed by atoms with Crippen LogP contribution in [0.4, 0.5) is 28.4 Å². The van der Waals surface area contributed by atoms with E-state index in [0.29, 0.717) is 3.92 Å². The third-order valence-electron chi connectivity index (χ3n) is 11.4. The van der Waals surface area contributed by atoms with E-state index in [1.54, 1.807) is 0 Å². The topological polar surface area (TPSA) is 6.48 Å². The van der Waals surface area contributed by atoms with Crippen LogP contribution >= 0.6 is 22.6 Å². The number of halogens is 1. The molecule has 2 nitrogen and oxygen atoms in total. The van der Waals surface area contributed by atoms with Gasteiger partial charge in [0.2, 0.25) is 0 Å². The summed E-state index contributed by atoms with van der Waals surface area (Å²) in [5.74, 6) is 0.194. The van der Waals surface area contributed by atoms with Crippen LogP contribution in [-0.2, 0) is 0 Å².